The minimum atomic E-state index is -1.44. The highest BCUT2D eigenvalue weighted by Crippen LogP contribution is 2.46. The van der Waals surface area contributed by atoms with E-state index in [9.17, 15) is 9.90 Å². The number of carbonyl (C=O) groups is 1. The van der Waals surface area contributed by atoms with Crippen LogP contribution >= 0.6 is 0 Å². The van der Waals surface area contributed by atoms with Gasteiger partial charge in [0.05, 0.1) is 0 Å². The van der Waals surface area contributed by atoms with Crippen molar-refractivity contribution < 1.29 is 15.0 Å². The number of carboxylic acids is 1. The summed E-state index contributed by atoms with van der Waals surface area (Å²) in [6, 6.07) is 5.59. The lowest BCUT2D eigenvalue weighted by molar-refractivity contribution is -0.146. The van der Waals surface area contributed by atoms with Crippen LogP contribution in [0.1, 0.15) is 63.3 Å². The van der Waals surface area contributed by atoms with Crippen LogP contribution in [0.25, 0.3) is 0 Å². The molecule has 0 fully saturated rings. The van der Waals surface area contributed by atoms with E-state index in [1.165, 1.54) is 11.1 Å². The number of hydrogen-bond acceptors (Lipinski definition) is 2. The lowest BCUT2D eigenvalue weighted by Gasteiger charge is -2.42. The average Bonchev–Trinajstić information content (AvgIpc) is 2.33. The number of aliphatic hydroxyl groups excluding tert-OH is 1. The van der Waals surface area contributed by atoms with Crippen LogP contribution in [-0.2, 0) is 15.6 Å². The van der Waals surface area contributed by atoms with Gasteiger partial charge in [-0.1, -0.05) is 45.9 Å². The molecule has 1 aliphatic rings. The van der Waals surface area contributed by atoms with Gasteiger partial charge in [-0.25, -0.2) is 4.79 Å². The number of aliphatic hydroxyl groups is 1. The summed E-state index contributed by atoms with van der Waals surface area (Å²) in [6.45, 7) is 8.79. The molecule has 1 aromatic carbocycles. The molecule has 0 heterocycles. The third-order valence-electron chi connectivity index (χ3n) is 4.43. The number of hydrogen-bond donors (Lipinski definition) is 2. The van der Waals surface area contributed by atoms with Crippen molar-refractivity contribution in [2.75, 3.05) is 0 Å². The minimum absolute atomic E-state index is 0.0269. The Kier molecular flexibility index (Phi) is 3.21. The van der Waals surface area contributed by atoms with Crippen molar-refractivity contribution in [3.8, 4) is 0 Å². The molecular formula is C16H22O3. The lowest BCUT2D eigenvalue weighted by atomic mass is 9.63. The predicted molar refractivity (Wildman–Crippen MR) is 74.3 cm³/mol. The lowest BCUT2D eigenvalue weighted by Crippen LogP contribution is -2.34. The summed E-state index contributed by atoms with van der Waals surface area (Å²) in [6.07, 6.45) is 0.749. The molecule has 0 aliphatic heterocycles. The second kappa shape index (κ2) is 4.34. The molecule has 1 atom stereocenters. The molecule has 0 amide bonds. The highest BCUT2D eigenvalue weighted by Gasteiger charge is 2.37. The maximum absolute atomic E-state index is 10.9. The standard InChI is InChI=1S/C16H22O3/c1-15(2)7-8-16(3,4)12-9-10(5-6-11(12)15)13(17)14(18)19/h5-6,9,13,17H,7-8H2,1-4H3,(H,18,19)/t13-/m1/s1. The van der Waals surface area contributed by atoms with Gasteiger partial charge in [-0.2, -0.15) is 0 Å². The highest BCUT2D eigenvalue weighted by atomic mass is 16.4. The third-order valence-corrected chi connectivity index (χ3v) is 4.43. The SMILES string of the molecule is CC1(C)CCC(C)(C)c2cc([C@@H](O)C(=O)O)ccc21. The fourth-order valence-corrected chi connectivity index (χ4v) is 2.92. The van der Waals surface area contributed by atoms with E-state index in [1.54, 1.807) is 6.07 Å². The summed E-state index contributed by atoms with van der Waals surface area (Å²) in [7, 11) is 0. The smallest absolute Gasteiger partial charge is 0.337 e. The number of benzene rings is 1. The van der Waals surface area contributed by atoms with E-state index in [1.807, 2.05) is 12.1 Å². The van der Waals surface area contributed by atoms with Crippen LogP contribution in [-0.4, -0.2) is 16.2 Å². The zero-order chi connectivity index (χ0) is 14.4. The molecule has 0 radical (unpaired) electrons. The Morgan fingerprint density at radius 3 is 2.16 bits per heavy atom. The Labute approximate surface area is 114 Å². The van der Waals surface area contributed by atoms with E-state index in [-0.39, 0.29) is 10.8 Å². The maximum Gasteiger partial charge on any atom is 0.337 e. The van der Waals surface area contributed by atoms with Crippen molar-refractivity contribution in [3.63, 3.8) is 0 Å². The first-order valence-electron chi connectivity index (χ1n) is 6.71. The van der Waals surface area contributed by atoms with Crippen LogP contribution in [0.4, 0.5) is 0 Å². The van der Waals surface area contributed by atoms with Gasteiger partial charge in [0.2, 0.25) is 0 Å². The van der Waals surface area contributed by atoms with Crippen molar-refractivity contribution in [2.24, 2.45) is 0 Å². The Hall–Kier alpha value is -1.35. The normalized spacial score (nSPS) is 21.5. The zero-order valence-electron chi connectivity index (χ0n) is 12.0. The molecule has 2 rings (SSSR count). The van der Waals surface area contributed by atoms with Gasteiger partial charge in [0, 0.05) is 0 Å². The first kappa shape index (κ1) is 14.1. The topological polar surface area (TPSA) is 57.5 Å². The van der Waals surface area contributed by atoms with Crippen LogP contribution in [0.3, 0.4) is 0 Å². The molecule has 0 bridgehead atoms. The van der Waals surface area contributed by atoms with E-state index in [0.717, 1.165) is 12.8 Å². The van der Waals surface area contributed by atoms with Gasteiger partial charge >= 0.3 is 5.97 Å². The molecule has 104 valence electrons. The largest absolute Gasteiger partial charge is 0.479 e. The molecule has 0 saturated carbocycles. The predicted octanol–water partition coefficient (Wildman–Crippen LogP) is 3.15. The molecule has 3 heteroatoms. The summed E-state index contributed by atoms with van der Waals surface area (Å²) in [5.74, 6) is -1.20. The van der Waals surface area contributed by atoms with Crippen molar-refractivity contribution in [2.45, 2.75) is 57.5 Å². The van der Waals surface area contributed by atoms with Gasteiger partial charge in [-0.05, 0) is 40.4 Å². The van der Waals surface area contributed by atoms with Crippen LogP contribution in [0.2, 0.25) is 0 Å². The van der Waals surface area contributed by atoms with Gasteiger partial charge in [0.25, 0.3) is 0 Å². The first-order chi connectivity index (χ1) is 8.65. The molecule has 19 heavy (non-hydrogen) atoms. The molecule has 0 spiro atoms. The second-order valence-electron chi connectivity index (χ2n) is 6.81. The molecule has 0 aromatic heterocycles. The monoisotopic (exact) mass is 262 g/mol. The van der Waals surface area contributed by atoms with Crippen LogP contribution in [0.15, 0.2) is 18.2 Å². The summed E-state index contributed by atoms with van der Waals surface area (Å²) in [5, 5.41) is 18.6. The van der Waals surface area contributed by atoms with Crippen molar-refractivity contribution in [1.29, 1.82) is 0 Å². The average molecular weight is 262 g/mol. The van der Waals surface area contributed by atoms with Gasteiger partial charge < -0.3 is 10.2 Å². The molecular weight excluding hydrogens is 240 g/mol. The summed E-state index contributed by atoms with van der Waals surface area (Å²) in [5.41, 5.74) is 3.04. The van der Waals surface area contributed by atoms with E-state index in [0.29, 0.717) is 5.56 Å². The van der Waals surface area contributed by atoms with Gasteiger partial charge in [0.1, 0.15) is 0 Å². The summed E-state index contributed by atoms with van der Waals surface area (Å²) in [4.78, 5) is 10.9. The molecule has 1 aromatic rings. The number of aliphatic carboxylic acids is 1. The van der Waals surface area contributed by atoms with E-state index >= 15 is 0 Å². The second-order valence-corrected chi connectivity index (χ2v) is 6.81. The van der Waals surface area contributed by atoms with Crippen LogP contribution in [0, 0.1) is 0 Å². The molecule has 3 nitrogen and oxygen atoms in total. The molecule has 0 unspecified atom stereocenters. The Balaban J connectivity index is 2.56. The molecule has 2 N–H and O–H groups in total. The van der Waals surface area contributed by atoms with Crippen molar-refractivity contribution in [3.05, 3.63) is 34.9 Å². The van der Waals surface area contributed by atoms with Gasteiger partial charge in [0.15, 0.2) is 6.10 Å². The summed E-state index contributed by atoms with van der Waals surface area (Å²) < 4.78 is 0. The Morgan fingerprint density at radius 2 is 1.63 bits per heavy atom. The number of rotatable bonds is 2. The quantitative estimate of drug-likeness (QED) is 0.860. The number of carboxylic acid groups (broad SMARTS) is 1. The fourth-order valence-electron chi connectivity index (χ4n) is 2.92. The van der Waals surface area contributed by atoms with E-state index in [4.69, 9.17) is 5.11 Å². The fraction of sp³-hybridized carbons (Fsp3) is 0.562. The van der Waals surface area contributed by atoms with Crippen molar-refractivity contribution in [1.82, 2.24) is 0 Å². The van der Waals surface area contributed by atoms with Gasteiger partial charge in [-0.15, -0.1) is 0 Å². The first-order valence-corrected chi connectivity index (χ1v) is 6.71. The van der Waals surface area contributed by atoms with Crippen LogP contribution < -0.4 is 0 Å². The summed E-state index contributed by atoms with van der Waals surface area (Å²) >= 11 is 0. The molecule has 0 saturated heterocycles. The third kappa shape index (κ3) is 2.39. The van der Waals surface area contributed by atoms with E-state index < -0.39 is 12.1 Å². The molecule has 1 aliphatic carbocycles. The zero-order valence-corrected chi connectivity index (χ0v) is 12.0. The van der Waals surface area contributed by atoms with Crippen LogP contribution in [0.5, 0.6) is 0 Å². The van der Waals surface area contributed by atoms with Crippen molar-refractivity contribution >= 4 is 5.97 Å². The number of fused-ring (bicyclic) bond motifs is 1. The Morgan fingerprint density at radius 1 is 1.11 bits per heavy atom. The maximum atomic E-state index is 10.9. The highest BCUT2D eigenvalue weighted by molar-refractivity contribution is 5.74. The Bertz CT molecular complexity index is 515. The van der Waals surface area contributed by atoms with Gasteiger partial charge in [-0.3, -0.25) is 0 Å². The van der Waals surface area contributed by atoms with E-state index in [2.05, 4.69) is 27.7 Å². The minimum Gasteiger partial charge on any atom is -0.479 e.